The molecule has 2 rings (SSSR count). The Labute approximate surface area is 97.8 Å². The average Bonchev–Trinajstić information content (AvgIpc) is 2.60. The molecule has 0 saturated heterocycles. The molecule has 0 spiro atoms. The van der Waals surface area contributed by atoms with Crippen LogP contribution in [0.1, 0.15) is 16.5 Å². The highest BCUT2D eigenvalue weighted by atomic mass is 32.1. The van der Waals surface area contributed by atoms with Gasteiger partial charge in [-0.05, 0) is 13.8 Å². The highest BCUT2D eigenvalue weighted by Crippen LogP contribution is 2.11. The van der Waals surface area contributed by atoms with Crippen molar-refractivity contribution in [2.45, 2.75) is 20.4 Å². The summed E-state index contributed by atoms with van der Waals surface area (Å²) in [5, 5.41) is 6.26. The van der Waals surface area contributed by atoms with Gasteiger partial charge in [0, 0.05) is 11.4 Å². The van der Waals surface area contributed by atoms with E-state index in [1.54, 1.807) is 17.4 Å². The second kappa shape index (κ2) is 4.44. The van der Waals surface area contributed by atoms with Crippen molar-refractivity contribution in [2.24, 2.45) is 0 Å². The zero-order valence-electron chi connectivity index (χ0n) is 9.19. The summed E-state index contributed by atoms with van der Waals surface area (Å²) in [5.41, 5.74) is 6.64. The zero-order chi connectivity index (χ0) is 11.5. The Morgan fingerprint density at radius 1 is 1.31 bits per heavy atom. The molecule has 5 nitrogen and oxygen atoms in total. The van der Waals surface area contributed by atoms with Gasteiger partial charge in [-0.1, -0.05) is 0 Å². The SMILES string of the molecule is Cc1nc(N)cc(NCc2csc(C)n2)n1. The lowest BCUT2D eigenvalue weighted by molar-refractivity contribution is 1.00. The van der Waals surface area contributed by atoms with E-state index in [1.165, 1.54) is 0 Å². The Bertz CT molecular complexity index is 473. The summed E-state index contributed by atoms with van der Waals surface area (Å²) in [6.07, 6.45) is 0. The second-order valence-electron chi connectivity index (χ2n) is 3.44. The Morgan fingerprint density at radius 2 is 2.12 bits per heavy atom. The minimum absolute atomic E-state index is 0.476. The van der Waals surface area contributed by atoms with Crippen LogP contribution in [0.15, 0.2) is 11.4 Å². The fourth-order valence-electron chi connectivity index (χ4n) is 1.35. The molecule has 0 aliphatic carbocycles. The molecule has 0 aliphatic heterocycles. The van der Waals surface area contributed by atoms with Gasteiger partial charge in [0.25, 0.3) is 0 Å². The van der Waals surface area contributed by atoms with Gasteiger partial charge in [0.2, 0.25) is 0 Å². The highest BCUT2D eigenvalue weighted by Gasteiger charge is 2.01. The summed E-state index contributed by atoms with van der Waals surface area (Å²) in [5.74, 6) is 1.87. The maximum Gasteiger partial charge on any atom is 0.132 e. The number of anilines is 2. The largest absolute Gasteiger partial charge is 0.384 e. The van der Waals surface area contributed by atoms with Crippen LogP contribution in [0.25, 0.3) is 0 Å². The topological polar surface area (TPSA) is 76.7 Å². The summed E-state index contributed by atoms with van der Waals surface area (Å²) in [4.78, 5) is 12.6. The first kappa shape index (κ1) is 10.8. The molecule has 0 amide bonds. The molecular weight excluding hydrogens is 222 g/mol. The molecule has 0 atom stereocenters. The number of nitrogens with two attached hydrogens (primary N) is 1. The highest BCUT2D eigenvalue weighted by molar-refractivity contribution is 7.09. The van der Waals surface area contributed by atoms with Crippen LogP contribution in [-0.2, 0) is 6.54 Å². The van der Waals surface area contributed by atoms with Gasteiger partial charge in [0.15, 0.2) is 0 Å². The maximum absolute atomic E-state index is 5.63. The van der Waals surface area contributed by atoms with Gasteiger partial charge >= 0.3 is 0 Å². The van der Waals surface area contributed by atoms with Crippen molar-refractivity contribution in [1.82, 2.24) is 15.0 Å². The zero-order valence-corrected chi connectivity index (χ0v) is 10.0. The standard InChI is InChI=1S/C10H13N5S/c1-6-13-9(11)3-10(14-6)12-4-8-5-16-7(2)15-8/h3,5H,4H2,1-2H3,(H3,11,12,13,14). The third-order valence-corrected chi connectivity index (χ3v) is 2.80. The number of hydrogen-bond acceptors (Lipinski definition) is 6. The van der Waals surface area contributed by atoms with Crippen LogP contribution >= 0.6 is 11.3 Å². The summed E-state index contributed by atoms with van der Waals surface area (Å²) < 4.78 is 0. The molecule has 2 aromatic rings. The van der Waals surface area contributed by atoms with Crippen LogP contribution in [-0.4, -0.2) is 15.0 Å². The molecule has 0 aromatic carbocycles. The Kier molecular flexibility index (Phi) is 3.00. The van der Waals surface area contributed by atoms with E-state index in [0.29, 0.717) is 18.2 Å². The first-order chi connectivity index (χ1) is 7.63. The number of aryl methyl sites for hydroxylation is 2. The fraction of sp³-hybridized carbons (Fsp3) is 0.300. The van der Waals surface area contributed by atoms with Crippen LogP contribution in [0, 0.1) is 13.8 Å². The van der Waals surface area contributed by atoms with Gasteiger partial charge in [0.1, 0.15) is 17.5 Å². The van der Waals surface area contributed by atoms with Crippen LogP contribution in [0.4, 0.5) is 11.6 Å². The maximum atomic E-state index is 5.63. The van der Waals surface area contributed by atoms with Gasteiger partial charge < -0.3 is 11.1 Å². The predicted molar refractivity (Wildman–Crippen MR) is 65.4 cm³/mol. The Morgan fingerprint density at radius 3 is 2.75 bits per heavy atom. The molecule has 0 fully saturated rings. The van der Waals surface area contributed by atoms with Crippen LogP contribution < -0.4 is 11.1 Å². The lowest BCUT2D eigenvalue weighted by atomic mass is 10.4. The average molecular weight is 235 g/mol. The van der Waals surface area contributed by atoms with Crippen LogP contribution in [0.5, 0.6) is 0 Å². The summed E-state index contributed by atoms with van der Waals surface area (Å²) in [7, 11) is 0. The molecule has 0 aliphatic rings. The Balaban J connectivity index is 2.04. The van der Waals surface area contributed by atoms with Crippen molar-refractivity contribution in [2.75, 3.05) is 11.1 Å². The second-order valence-corrected chi connectivity index (χ2v) is 4.50. The number of nitrogens with one attached hydrogen (secondary N) is 1. The molecule has 0 bridgehead atoms. The summed E-state index contributed by atoms with van der Waals surface area (Å²) in [6, 6.07) is 1.71. The molecule has 0 radical (unpaired) electrons. The van der Waals surface area contributed by atoms with E-state index in [-0.39, 0.29) is 0 Å². The van der Waals surface area contributed by atoms with Crippen molar-refractivity contribution < 1.29 is 0 Å². The van der Waals surface area contributed by atoms with Crippen molar-refractivity contribution in [1.29, 1.82) is 0 Å². The molecule has 2 heterocycles. The fourth-order valence-corrected chi connectivity index (χ4v) is 1.96. The number of aromatic nitrogens is 3. The van der Waals surface area contributed by atoms with Crippen molar-refractivity contribution in [3.63, 3.8) is 0 Å². The molecule has 16 heavy (non-hydrogen) atoms. The molecule has 3 N–H and O–H groups in total. The van der Waals surface area contributed by atoms with E-state index < -0.39 is 0 Å². The number of nitrogens with zero attached hydrogens (tertiary/aromatic N) is 3. The number of hydrogen-bond donors (Lipinski definition) is 2. The quantitative estimate of drug-likeness (QED) is 0.847. The van der Waals surface area contributed by atoms with E-state index in [4.69, 9.17) is 5.73 Å². The van der Waals surface area contributed by atoms with Gasteiger partial charge in [-0.2, -0.15) is 0 Å². The predicted octanol–water partition coefficient (Wildman–Crippen LogP) is 1.74. The summed E-state index contributed by atoms with van der Waals surface area (Å²) >= 11 is 1.64. The van der Waals surface area contributed by atoms with E-state index >= 15 is 0 Å². The Hall–Kier alpha value is -1.69. The number of nitrogen functional groups attached to an aromatic ring is 1. The third kappa shape index (κ3) is 2.66. The number of rotatable bonds is 3. The van der Waals surface area contributed by atoms with Gasteiger partial charge in [-0.3, -0.25) is 0 Å². The van der Waals surface area contributed by atoms with Crippen molar-refractivity contribution in [3.8, 4) is 0 Å². The third-order valence-electron chi connectivity index (χ3n) is 1.97. The minimum Gasteiger partial charge on any atom is -0.384 e. The molecule has 6 heteroatoms. The molecule has 2 aromatic heterocycles. The lowest BCUT2D eigenvalue weighted by Gasteiger charge is -2.04. The van der Waals surface area contributed by atoms with Crippen molar-refractivity contribution >= 4 is 23.0 Å². The van der Waals surface area contributed by atoms with Gasteiger partial charge in [-0.25, -0.2) is 15.0 Å². The normalized spacial score (nSPS) is 10.4. The smallest absolute Gasteiger partial charge is 0.132 e. The summed E-state index contributed by atoms with van der Waals surface area (Å²) in [6.45, 7) is 4.45. The van der Waals surface area contributed by atoms with E-state index in [2.05, 4.69) is 20.3 Å². The van der Waals surface area contributed by atoms with Crippen LogP contribution in [0.2, 0.25) is 0 Å². The molecular formula is C10H13N5S. The van der Waals surface area contributed by atoms with Gasteiger partial charge in [0.05, 0.1) is 17.2 Å². The van der Waals surface area contributed by atoms with Crippen molar-refractivity contribution in [3.05, 3.63) is 28.0 Å². The minimum atomic E-state index is 0.476. The molecule has 0 saturated carbocycles. The monoisotopic (exact) mass is 235 g/mol. The molecule has 0 unspecified atom stereocenters. The van der Waals surface area contributed by atoms with E-state index in [0.717, 1.165) is 16.5 Å². The van der Waals surface area contributed by atoms with E-state index in [1.807, 2.05) is 19.2 Å². The lowest BCUT2D eigenvalue weighted by Crippen LogP contribution is -2.05. The van der Waals surface area contributed by atoms with Crippen LogP contribution in [0.3, 0.4) is 0 Å². The van der Waals surface area contributed by atoms with Gasteiger partial charge in [-0.15, -0.1) is 11.3 Å². The first-order valence-corrected chi connectivity index (χ1v) is 5.77. The first-order valence-electron chi connectivity index (χ1n) is 4.89. The van der Waals surface area contributed by atoms with E-state index in [9.17, 15) is 0 Å². The number of thiazole rings is 1. The molecule has 84 valence electrons.